The minimum Gasteiger partial charge on any atom is -0.355 e. The van der Waals surface area contributed by atoms with Crippen LogP contribution in [0.4, 0.5) is 0 Å². The zero-order valence-corrected chi connectivity index (χ0v) is 14.4. The van der Waals surface area contributed by atoms with Crippen molar-refractivity contribution in [1.29, 1.82) is 0 Å². The van der Waals surface area contributed by atoms with Crippen LogP contribution in [0.25, 0.3) is 0 Å². The normalized spacial score (nSPS) is 11.0. The average molecular weight is 337 g/mol. The van der Waals surface area contributed by atoms with E-state index in [1.54, 1.807) is 6.92 Å². The molecule has 25 heavy (non-hydrogen) atoms. The van der Waals surface area contributed by atoms with Crippen LogP contribution in [0.3, 0.4) is 0 Å². The fourth-order valence-electron chi connectivity index (χ4n) is 2.30. The molecule has 0 spiro atoms. The first-order valence-corrected chi connectivity index (χ1v) is 8.30. The number of carbonyl (C=O) groups is 2. The quantitative estimate of drug-likeness (QED) is 0.574. The molecule has 0 atom stereocenters. The highest BCUT2D eigenvalue weighted by Crippen LogP contribution is 2.00. The summed E-state index contributed by atoms with van der Waals surface area (Å²) in [7, 11) is 0. The summed E-state index contributed by atoms with van der Waals surface area (Å²) >= 11 is 0. The van der Waals surface area contributed by atoms with E-state index in [0.717, 1.165) is 12.0 Å². The van der Waals surface area contributed by atoms with Crippen LogP contribution in [0, 0.1) is 0 Å². The molecule has 0 heterocycles. The van der Waals surface area contributed by atoms with Crippen LogP contribution in [-0.2, 0) is 22.4 Å². The molecule has 2 rings (SSSR count). The second kappa shape index (κ2) is 10.0. The summed E-state index contributed by atoms with van der Waals surface area (Å²) in [5.41, 5.74) is 5.16. The molecule has 0 aliphatic rings. The third-order valence-corrected chi connectivity index (χ3v) is 3.57. The van der Waals surface area contributed by atoms with Gasteiger partial charge in [-0.25, -0.2) is 5.43 Å². The molecule has 130 valence electrons. The first-order chi connectivity index (χ1) is 12.1. The number of hydrazone groups is 1. The largest absolute Gasteiger partial charge is 0.355 e. The van der Waals surface area contributed by atoms with Gasteiger partial charge in [-0.3, -0.25) is 9.59 Å². The standard InChI is InChI=1S/C20H23N3O2/c1-16(22-23-20(25)15-18-10-6-3-7-11-18)14-19(24)21-13-12-17-8-4-2-5-9-17/h2-11H,12-15H2,1H3,(H,21,24)(H,23,25)/b22-16-. The maximum Gasteiger partial charge on any atom is 0.244 e. The van der Waals surface area contributed by atoms with Crippen LogP contribution in [0.1, 0.15) is 24.5 Å². The molecule has 2 aromatic carbocycles. The molecule has 2 amide bonds. The highest BCUT2D eigenvalue weighted by molar-refractivity contribution is 6.00. The Hall–Kier alpha value is -2.95. The summed E-state index contributed by atoms with van der Waals surface area (Å²) in [6, 6.07) is 19.4. The van der Waals surface area contributed by atoms with E-state index < -0.39 is 0 Å². The van der Waals surface area contributed by atoms with Crippen molar-refractivity contribution in [2.75, 3.05) is 6.54 Å². The van der Waals surface area contributed by atoms with Gasteiger partial charge in [0.1, 0.15) is 0 Å². The third-order valence-electron chi connectivity index (χ3n) is 3.57. The monoisotopic (exact) mass is 337 g/mol. The van der Waals surface area contributed by atoms with Gasteiger partial charge in [0.25, 0.3) is 0 Å². The van der Waals surface area contributed by atoms with E-state index in [0.29, 0.717) is 12.3 Å². The van der Waals surface area contributed by atoms with E-state index in [2.05, 4.69) is 15.8 Å². The van der Waals surface area contributed by atoms with Gasteiger partial charge in [-0.1, -0.05) is 60.7 Å². The van der Waals surface area contributed by atoms with Crippen molar-refractivity contribution in [1.82, 2.24) is 10.7 Å². The van der Waals surface area contributed by atoms with E-state index in [4.69, 9.17) is 0 Å². The van der Waals surface area contributed by atoms with Crippen molar-refractivity contribution in [3.63, 3.8) is 0 Å². The van der Waals surface area contributed by atoms with E-state index in [1.165, 1.54) is 5.56 Å². The average Bonchev–Trinajstić information content (AvgIpc) is 2.62. The number of carbonyl (C=O) groups excluding carboxylic acids is 2. The minimum absolute atomic E-state index is 0.102. The first-order valence-electron chi connectivity index (χ1n) is 8.30. The fraction of sp³-hybridized carbons (Fsp3) is 0.250. The van der Waals surface area contributed by atoms with Crippen molar-refractivity contribution >= 4 is 17.5 Å². The van der Waals surface area contributed by atoms with E-state index in [-0.39, 0.29) is 24.7 Å². The number of amides is 2. The molecule has 0 saturated heterocycles. The molecule has 0 bridgehead atoms. The predicted octanol–water partition coefficient (Wildman–Crippen LogP) is 2.47. The summed E-state index contributed by atoms with van der Waals surface area (Å²) in [6.45, 7) is 2.30. The Balaban J connectivity index is 1.67. The Morgan fingerprint density at radius 1 is 0.880 bits per heavy atom. The molecule has 5 nitrogen and oxygen atoms in total. The molecule has 0 aliphatic heterocycles. The maximum absolute atomic E-state index is 11.9. The van der Waals surface area contributed by atoms with Gasteiger partial charge in [0.15, 0.2) is 0 Å². The third kappa shape index (κ3) is 7.44. The lowest BCUT2D eigenvalue weighted by molar-refractivity contribution is -0.121. The summed E-state index contributed by atoms with van der Waals surface area (Å²) in [5, 5.41) is 6.84. The van der Waals surface area contributed by atoms with Crippen LogP contribution in [0.5, 0.6) is 0 Å². The van der Waals surface area contributed by atoms with Crippen molar-refractivity contribution in [2.45, 2.75) is 26.2 Å². The van der Waals surface area contributed by atoms with Crippen LogP contribution in [0.15, 0.2) is 65.8 Å². The Labute approximate surface area is 148 Å². The number of hydrogen-bond acceptors (Lipinski definition) is 3. The van der Waals surface area contributed by atoms with Gasteiger partial charge >= 0.3 is 0 Å². The molecule has 0 aromatic heterocycles. The highest BCUT2D eigenvalue weighted by Gasteiger charge is 2.05. The second-order valence-corrected chi connectivity index (χ2v) is 5.81. The topological polar surface area (TPSA) is 70.6 Å². The summed E-state index contributed by atoms with van der Waals surface area (Å²) in [5.74, 6) is -0.301. The number of nitrogens with zero attached hydrogens (tertiary/aromatic N) is 1. The summed E-state index contributed by atoms with van der Waals surface area (Å²) in [6.07, 6.45) is 1.22. The molecule has 0 radical (unpaired) electrons. The van der Waals surface area contributed by atoms with Gasteiger partial charge in [-0.2, -0.15) is 5.10 Å². The van der Waals surface area contributed by atoms with Crippen LogP contribution < -0.4 is 10.7 Å². The molecule has 5 heteroatoms. The molecular formula is C20H23N3O2. The first kappa shape index (κ1) is 18.4. The maximum atomic E-state index is 11.9. The SMILES string of the molecule is C/C(CC(=O)NCCc1ccccc1)=N/NC(=O)Cc1ccccc1. The van der Waals surface area contributed by atoms with E-state index >= 15 is 0 Å². The fourth-order valence-corrected chi connectivity index (χ4v) is 2.30. The molecule has 0 fully saturated rings. The van der Waals surface area contributed by atoms with Crippen LogP contribution in [0.2, 0.25) is 0 Å². The van der Waals surface area contributed by atoms with Crippen molar-refractivity contribution in [3.05, 3.63) is 71.8 Å². The molecular weight excluding hydrogens is 314 g/mol. The Morgan fingerprint density at radius 2 is 1.48 bits per heavy atom. The molecule has 0 unspecified atom stereocenters. The Bertz CT molecular complexity index is 712. The van der Waals surface area contributed by atoms with Gasteiger partial charge in [-0.15, -0.1) is 0 Å². The van der Waals surface area contributed by atoms with Crippen LogP contribution in [-0.4, -0.2) is 24.1 Å². The van der Waals surface area contributed by atoms with E-state index in [9.17, 15) is 9.59 Å². The van der Waals surface area contributed by atoms with Crippen molar-refractivity contribution < 1.29 is 9.59 Å². The number of rotatable bonds is 8. The zero-order valence-electron chi connectivity index (χ0n) is 14.4. The predicted molar refractivity (Wildman–Crippen MR) is 99.2 cm³/mol. The minimum atomic E-state index is -0.199. The van der Waals surface area contributed by atoms with Crippen molar-refractivity contribution in [3.8, 4) is 0 Å². The highest BCUT2D eigenvalue weighted by atomic mass is 16.2. The van der Waals surface area contributed by atoms with Gasteiger partial charge in [0.05, 0.1) is 12.8 Å². The summed E-state index contributed by atoms with van der Waals surface area (Å²) in [4.78, 5) is 23.7. The van der Waals surface area contributed by atoms with Gasteiger partial charge in [0, 0.05) is 12.3 Å². The Kier molecular flexibility index (Phi) is 7.38. The second-order valence-electron chi connectivity index (χ2n) is 5.81. The van der Waals surface area contributed by atoms with Crippen molar-refractivity contribution in [2.24, 2.45) is 5.10 Å². The van der Waals surface area contributed by atoms with E-state index in [1.807, 2.05) is 60.7 Å². The van der Waals surface area contributed by atoms with Gasteiger partial charge in [0.2, 0.25) is 11.8 Å². The molecule has 0 saturated carbocycles. The molecule has 2 aromatic rings. The number of hydrogen-bond donors (Lipinski definition) is 2. The molecule has 2 N–H and O–H groups in total. The molecule has 0 aliphatic carbocycles. The number of benzene rings is 2. The van der Waals surface area contributed by atoms with Crippen LogP contribution >= 0.6 is 0 Å². The zero-order chi connectivity index (χ0) is 17.9. The lowest BCUT2D eigenvalue weighted by Crippen LogP contribution is -2.28. The van der Waals surface area contributed by atoms with Gasteiger partial charge < -0.3 is 5.32 Å². The lowest BCUT2D eigenvalue weighted by Gasteiger charge is -2.06. The van der Waals surface area contributed by atoms with Gasteiger partial charge in [-0.05, 0) is 24.5 Å². The Morgan fingerprint density at radius 3 is 2.12 bits per heavy atom. The smallest absolute Gasteiger partial charge is 0.244 e. The summed E-state index contributed by atoms with van der Waals surface area (Å²) < 4.78 is 0. The lowest BCUT2D eigenvalue weighted by atomic mass is 10.1. The number of nitrogens with one attached hydrogen (secondary N) is 2.